The van der Waals surface area contributed by atoms with E-state index in [1.54, 1.807) is 16.8 Å². The summed E-state index contributed by atoms with van der Waals surface area (Å²) in [6.07, 6.45) is 1.59. The van der Waals surface area contributed by atoms with Crippen LogP contribution in [0.3, 0.4) is 0 Å². The van der Waals surface area contributed by atoms with Crippen LogP contribution in [-0.4, -0.2) is 59.6 Å². The number of nitrogens with zero attached hydrogens (tertiary/aromatic N) is 3. The number of unbranched alkanes of at least 4 members (excludes halogenated alkanes) is 1. The van der Waals surface area contributed by atoms with Gasteiger partial charge in [-0.3, -0.25) is 4.18 Å². The fraction of sp³-hybridized carbons (Fsp3) is 0.250. The van der Waals surface area contributed by atoms with Gasteiger partial charge in [0.25, 0.3) is 10.1 Å². The molecule has 0 radical (unpaired) electrons. The maximum absolute atomic E-state index is 12.1. The predicted octanol–water partition coefficient (Wildman–Crippen LogP) is 2.28. The minimum absolute atomic E-state index is 0. The molecule has 0 atom stereocenters. The molecule has 24 heavy (non-hydrogen) atoms. The van der Waals surface area contributed by atoms with E-state index in [9.17, 15) is 8.42 Å². The van der Waals surface area contributed by atoms with Gasteiger partial charge in [-0.25, -0.2) is 4.68 Å². The van der Waals surface area contributed by atoms with Gasteiger partial charge >= 0.3 is 29.6 Å². The average molecular weight is 355 g/mol. The normalized spacial score (nSPS) is 11.4. The van der Waals surface area contributed by atoms with Gasteiger partial charge in [-0.05, 0) is 42.8 Å². The molecule has 0 unspecified atom stereocenters. The molecule has 0 spiro atoms. The van der Waals surface area contributed by atoms with E-state index in [0.717, 1.165) is 23.1 Å². The van der Waals surface area contributed by atoms with Crippen LogP contribution in [0.15, 0.2) is 53.4 Å². The van der Waals surface area contributed by atoms with Crippen LogP contribution in [0.1, 0.15) is 19.8 Å². The van der Waals surface area contributed by atoms with Crippen LogP contribution in [0, 0.1) is 0 Å². The molecule has 1 heterocycles. The van der Waals surface area contributed by atoms with Gasteiger partial charge in [0, 0.05) is 0 Å². The van der Waals surface area contributed by atoms with Gasteiger partial charge in [0.1, 0.15) is 5.52 Å². The zero-order valence-electron chi connectivity index (χ0n) is 12.7. The molecule has 6 nitrogen and oxygen atoms in total. The number of aromatic nitrogens is 3. The first-order valence-electron chi connectivity index (χ1n) is 7.42. The van der Waals surface area contributed by atoms with Crippen molar-refractivity contribution in [2.75, 3.05) is 6.61 Å². The van der Waals surface area contributed by atoms with Crippen LogP contribution in [0.5, 0.6) is 0 Å². The number of rotatable bonds is 6. The van der Waals surface area contributed by atoms with Gasteiger partial charge in [-0.15, -0.1) is 5.10 Å². The molecular weight excluding hydrogens is 337 g/mol. The summed E-state index contributed by atoms with van der Waals surface area (Å²) in [4.78, 5) is 0.141. The Bertz CT molecular complexity index is 908. The molecule has 0 saturated heterocycles. The number of fused-ring (bicyclic) bond motifs is 1. The number of benzene rings is 2. The third-order valence-electron chi connectivity index (χ3n) is 3.46. The molecule has 0 fully saturated rings. The summed E-state index contributed by atoms with van der Waals surface area (Å²) in [5.41, 5.74) is 2.39. The molecule has 3 rings (SSSR count). The van der Waals surface area contributed by atoms with Gasteiger partial charge in [0.2, 0.25) is 0 Å². The summed E-state index contributed by atoms with van der Waals surface area (Å²) in [6.45, 7) is 2.18. The molecule has 8 heteroatoms. The average Bonchev–Trinajstić information content (AvgIpc) is 2.99. The molecule has 0 aliphatic heterocycles. The maximum atomic E-state index is 12.1. The second kappa shape index (κ2) is 8.22. The Kier molecular flexibility index (Phi) is 6.54. The van der Waals surface area contributed by atoms with E-state index in [0.29, 0.717) is 6.42 Å². The van der Waals surface area contributed by atoms with E-state index in [2.05, 4.69) is 10.3 Å². The number of para-hydroxylation sites is 1. The summed E-state index contributed by atoms with van der Waals surface area (Å²) in [5, 5.41) is 8.19. The van der Waals surface area contributed by atoms with Gasteiger partial charge in [-0.2, -0.15) is 8.42 Å². The van der Waals surface area contributed by atoms with Crippen LogP contribution in [-0.2, 0) is 14.3 Å². The van der Waals surface area contributed by atoms with Crippen molar-refractivity contribution >= 4 is 50.7 Å². The van der Waals surface area contributed by atoms with Crippen LogP contribution in [0.4, 0.5) is 0 Å². The van der Waals surface area contributed by atoms with E-state index >= 15 is 0 Å². The summed E-state index contributed by atoms with van der Waals surface area (Å²) >= 11 is 0. The first-order chi connectivity index (χ1) is 11.1. The van der Waals surface area contributed by atoms with E-state index in [1.165, 1.54) is 12.1 Å². The summed E-state index contributed by atoms with van der Waals surface area (Å²) in [7, 11) is -3.71. The van der Waals surface area contributed by atoms with Crippen molar-refractivity contribution in [1.29, 1.82) is 0 Å². The first-order valence-corrected chi connectivity index (χ1v) is 8.83. The van der Waals surface area contributed by atoms with E-state index in [-0.39, 0.29) is 41.1 Å². The van der Waals surface area contributed by atoms with Crippen molar-refractivity contribution in [1.82, 2.24) is 15.0 Å². The third-order valence-corrected chi connectivity index (χ3v) is 4.78. The second-order valence-electron chi connectivity index (χ2n) is 5.11. The summed E-state index contributed by atoms with van der Waals surface area (Å²) < 4.78 is 30.8. The topological polar surface area (TPSA) is 74.1 Å². The van der Waals surface area contributed by atoms with Crippen molar-refractivity contribution in [2.45, 2.75) is 24.7 Å². The fourth-order valence-electron chi connectivity index (χ4n) is 2.19. The standard InChI is InChI=1S/C16H17N3O3S.Na.H/c1-2-3-12-22-23(20,21)14-10-8-13(9-11-14)19-16-7-5-4-6-15(16)17-18-19;;/h4-11H,2-3,12H2,1H3;;. The second-order valence-corrected chi connectivity index (χ2v) is 6.73. The number of hydrogen-bond donors (Lipinski definition) is 0. The predicted molar refractivity (Wildman–Crippen MR) is 94.1 cm³/mol. The summed E-state index contributed by atoms with van der Waals surface area (Å²) in [6, 6.07) is 14.0. The molecule has 0 amide bonds. The van der Waals surface area contributed by atoms with Crippen molar-refractivity contribution in [3.8, 4) is 5.69 Å². The van der Waals surface area contributed by atoms with Gasteiger partial charge < -0.3 is 0 Å². The van der Waals surface area contributed by atoms with Crippen LogP contribution < -0.4 is 0 Å². The molecule has 1 aromatic heterocycles. The minimum atomic E-state index is -3.71. The molecule has 3 aromatic rings. The van der Waals surface area contributed by atoms with Crippen molar-refractivity contribution in [3.63, 3.8) is 0 Å². The van der Waals surface area contributed by atoms with Gasteiger partial charge in [0.15, 0.2) is 0 Å². The molecular formula is C16H18N3NaO3S. The summed E-state index contributed by atoms with van der Waals surface area (Å²) in [5.74, 6) is 0. The first kappa shape index (κ1) is 19.1. The zero-order valence-corrected chi connectivity index (χ0v) is 13.5. The molecule has 122 valence electrons. The van der Waals surface area contributed by atoms with Gasteiger partial charge in [-0.1, -0.05) is 30.7 Å². The molecule has 0 saturated carbocycles. The Labute approximate surface area is 163 Å². The van der Waals surface area contributed by atoms with E-state index in [1.807, 2.05) is 31.2 Å². The van der Waals surface area contributed by atoms with E-state index in [4.69, 9.17) is 4.18 Å². The molecule has 0 bridgehead atoms. The van der Waals surface area contributed by atoms with Gasteiger partial charge in [0.05, 0.1) is 22.7 Å². The Morgan fingerprint density at radius 2 is 1.79 bits per heavy atom. The monoisotopic (exact) mass is 355 g/mol. The van der Waals surface area contributed by atoms with Crippen LogP contribution in [0.25, 0.3) is 16.7 Å². The van der Waals surface area contributed by atoms with Crippen LogP contribution >= 0.6 is 0 Å². The number of hydrogen-bond acceptors (Lipinski definition) is 5. The van der Waals surface area contributed by atoms with Crippen LogP contribution in [0.2, 0.25) is 0 Å². The Morgan fingerprint density at radius 3 is 2.50 bits per heavy atom. The Morgan fingerprint density at radius 1 is 1.08 bits per heavy atom. The molecule has 2 aromatic carbocycles. The van der Waals surface area contributed by atoms with E-state index < -0.39 is 10.1 Å². The molecule has 0 N–H and O–H groups in total. The molecule has 0 aliphatic carbocycles. The van der Waals surface area contributed by atoms with Crippen molar-refractivity contribution in [3.05, 3.63) is 48.5 Å². The quantitative estimate of drug-likeness (QED) is 0.385. The fourth-order valence-corrected chi connectivity index (χ4v) is 3.14. The SMILES string of the molecule is CCCCOS(=O)(=O)c1ccc(-n2nnc3ccccc32)cc1.[NaH]. The molecule has 0 aliphatic rings. The zero-order chi connectivity index (χ0) is 16.3. The van der Waals surface area contributed by atoms with Crippen molar-refractivity contribution < 1.29 is 12.6 Å². The Balaban J connectivity index is 0.00000208. The third kappa shape index (κ3) is 4.04. The Hall–Kier alpha value is -1.25. The van der Waals surface area contributed by atoms with Crippen molar-refractivity contribution in [2.24, 2.45) is 0 Å².